The topological polar surface area (TPSA) is 37.0 Å². The summed E-state index contributed by atoms with van der Waals surface area (Å²) in [6, 6.07) is 4.09. The third-order valence-corrected chi connectivity index (χ3v) is 2.78. The van der Waals surface area contributed by atoms with E-state index in [1.165, 1.54) is 16.6 Å². The molecule has 0 bridgehead atoms. The number of methoxy groups -OCH3 is 1. The summed E-state index contributed by atoms with van der Waals surface area (Å²) in [5.41, 5.74) is 3.74. The maximum absolute atomic E-state index is 5.24. The Bertz CT molecular complexity index is 487. The molecule has 0 unspecified atom stereocenters. The summed E-state index contributed by atoms with van der Waals surface area (Å²) in [6.45, 7) is 1.01. The maximum atomic E-state index is 5.24. The van der Waals surface area contributed by atoms with Gasteiger partial charge in [-0.05, 0) is 12.0 Å². The maximum Gasteiger partial charge on any atom is 0.123 e. The molecule has 3 heteroatoms. The van der Waals surface area contributed by atoms with E-state index in [-0.39, 0.29) is 0 Å². The Morgan fingerprint density at radius 2 is 2.29 bits per heavy atom. The molecule has 1 aliphatic heterocycles. The summed E-state index contributed by atoms with van der Waals surface area (Å²) in [6.07, 6.45) is 3.19. The third kappa shape index (κ3) is 0.923. The Kier molecular flexibility index (Phi) is 1.48. The highest BCUT2D eigenvalue weighted by atomic mass is 16.5. The first-order valence-electron chi connectivity index (χ1n) is 4.80. The van der Waals surface area contributed by atoms with Crippen molar-refractivity contribution in [3.8, 4) is 5.75 Å². The highest BCUT2D eigenvalue weighted by Gasteiger charge is 2.14. The first kappa shape index (κ1) is 7.74. The average Bonchev–Trinajstić information content (AvgIpc) is 2.64. The number of hydrogen-bond donors (Lipinski definition) is 2. The van der Waals surface area contributed by atoms with Gasteiger partial charge >= 0.3 is 0 Å². The number of rotatable bonds is 1. The number of H-pyrrole nitrogens is 1. The first-order chi connectivity index (χ1) is 6.88. The van der Waals surface area contributed by atoms with Crippen LogP contribution in [0.15, 0.2) is 18.3 Å². The fourth-order valence-electron chi connectivity index (χ4n) is 2.10. The highest BCUT2D eigenvalue weighted by Crippen LogP contribution is 2.34. The SMILES string of the molecule is COc1cc2c3c(c[nH]c3c1)CCN2. The van der Waals surface area contributed by atoms with Gasteiger partial charge in [-0.1, -0.05) is 0 Å². The Hall–Kier alpha value is -1.64. The van der Waals surface area contributed by atoms with Gasteiger partial charge in [0, 0.05) is 35.9 Å². The molecule has 2 aromatic rings. The van der Waals surface area contributed by atoms with Crippen LogP contribution in [0.2, 0.25) is 0 Å². The van der Waals surface area contributed by atoms with Crippen LogP contribution in [0.1, 0.15) is 5.56 Å². The van der Waals surface area contributed by atoms with Crippen molar-refractivity contribution >= 4 is 16.6 Å². The van der Waals surface area contributed by atoms with E-state index in [2.05, 4.69) is 22.6 Å². The predicted octanol–water partition coefficient (Wildman–Crippen LogP) is 2.14. The fourth-order valence-corrected chi connectivity index (χ4v) is 2.10. The number of hydrogen-bond acceptors (Lipinski definition) is 2. The molecule has 2 heterocycles. The zero-order chi connectivity index (χ0) is 9.54. The van der Waals surface area contributed by atoms with E-state index >= 15 is 0 Å². The van der Waals surface area contributed by atoms with Crippen molar-refractivity contribution in [3.63, 3.8) is 0 Å². The number of aromatic amines is 1. The van der Waals surface area contributed by atoms with E-state index < -0.39 is 0 Å². The van der Waals surface area contributed by atoms with Crippen molar-refractivity contribution < 1.29 is 4.74 Å². The monoisotopic (exact) mass is 188 g/mol. The van der Waals surface area contributed by atoms with Gasteiger partial charge < -0.3 is 15.0 Å². The molecule has 14 heavy (non-hydrogen) atoms. The van der Waals surface area contributed by atoms with E-state index in [0.717, 1.165) is 24.2 Å². The van der Waals surface area contributed by atoms with Crippen LogP contribution in [-0.2, 0) is 6.42 Å². The quantitative estimate of drug-likeness (QED) is 0.719. The van der Waals surface area contributed by atoms with E-state index in [1.807, 2.05) is 6.07 Å². The van der Waals surface area contributed by atoms with Crippen molar-refractivity contribution in [2.75, 3.05) is 19.0 Å². The molecule has 0 saturated heterocycles. The molecule has 72 valence electrons. The number of anilines is 1. The summed E-state index contributed by atoms with van der Waals surface area (Å²) in [5.74, 6) is 0.898. The lowest BCUT2D eigenvalue weighted by Crippen LogP contribution is -2.09. The largest absolute Gasteiger partial charge is 0.497 e. The highest BCUT2D eigenvalue weighted by molar-refractivity contribution is 5.97. The van der Waals surface area contributed by atoms with Gasteiger partial charge in [0.25, 0.3) is 0 Å². The number of benzene rings is 1. The average molecular weight is 188 g/mol. The molecule has 1 aromatic carbocycles. The number of nitrogens with one attached hydrogen (secondary N) is 2. The second kappa shape index (κ2) is 2.67. The smallest absolute Gasteiger partial charge is 0.123 e. The van der Waals surface area contributed by atoms with Crippen molar-refractivity contribution in [2.24, 2.45) is 0 Å². The van der Waals surface area contributed by atoms with Gasteiger partial charge in [0.15, 0.2) is 0 Å². The lowest BCUT2D eigenvalue weighted by molar-refractivity contribution is 0.415. The van der Waals surface area contributed by atoms with Crippen LogP contribution in [0, 0.1) is 0 Å². The van der Waals surface area contributed by atoms with Gasteiger partial charge in [0.2, 0.25) is 0 Å². The van der Waals surface area contributed by atoms with Gasteiger partial charge in [0.05, 0.1) is 12.6 Å². The van der Waals surface area contributed by atoms with Gasteiger partial charge in [-0.25, -0.2) is 0 Å². The van der Waals surface area contributed by atoms with Crippen molar-refractivity contribution in [3.05, 3.63) is 23.9 Å². The van der Waals surface area contributed by atoms with Crippen molar-refractivity contribution in [1.29, 1.82) is 0 Å². The minimum atomic E-state index is 0.898. The van der Waals surface area contributed by atoms with Crippen LogP contribution < -0.4 is 10.1 Å². The number of aromatic nitrogens is 1. The van der Waals surface area contributed by atoms with E-state index in [1.54, 1.807) is 7.11 Å². The lowest BCUT2D eigenvalue weighted by Gasteiger charge is -2.15. The lowest BCUT2D eigenvalue weighted by atomic mass is 10.0. The molecule has 3 nitrogen and oxygen atoms in total. The van der Waals surface area contributed by atoms with Crippen LogP contribution >= 0.6 is 0 Å². The van der Waals surface area contributed by atoms with Crippen LogP contribution in [-0.4, -0.2) is 18.6 Å². The van der Waals surface area contributed by atoms with Gasteiger partial charge in [0.1, 0.15) is 5.75 Å². The predicted molar refractivity (Wildman–Crippen MR) is 57.0 cm³/mol. The first-order valence-corrected chi connectivity index (χ1v) is 4.80. The van der Waals surface area contributed by atoms with Gasteiger partial charge in [-0.2, -0.15) is 0 Å². The van der Waals surface area contributed by atoms with Crippen molar-refractivity contribution in [1.82, 2.24) is 4.98 Å². The number of ether oxygens (including phenoxy) is 1. The Labute approximate surface area is 82.1 Å². The molecule has 3 rings (SSSR count). The van der Waals surface area contributed by atoms with Crippen LogP contribution in [0.3, 0.4) is 0 Å². The molecule has 1 aromatic heterocycles. The molecule has 2 N–H and O–H groups in total. The second-order valence-electron chi connectivity index (χ2n) is 3.59. The van der Waals surface area contributed by atoms with E-state index in [4.69, 9.17) is 4.74 Å². The summed E-state index contributed by atoms with van der Waals surface area (Å²) >= 11 is 0. The minimum absolute atomic E-state index is 0.898. The Balaban J connectivity index is 2.36. The molecule has 0 saturated carbocycles. The van der Waals surface area contributed by atoms with Gasteiger partial charge in [-0.3, -0.25) is 0 Å². The molecule has 0 atom stereocenters. The zero-order valence-corrected chi connectivity index (χ0v) is 8.05. The molecular formula is C11H12N2O. The zero-order valence-electron chi connectivity index (χ0n) is 8.05. The fraction of sp³-hybridized carbons (Fsp3) is 0.273. The second-order valence-corrected chi connectivity index (χ2v) is 3.59. The van der Waals surface area contributed by atoms with Crippen molar-refractivity contribution in [2.45, 2.75) is 6.42 Å². The third-order valence-electron chi connectivity index (χ3n) is 2.78. The summed E-state index contributed by atoms with van der Waals surface area (Å²) in [4.78, 5) is 3.27. The summed E-state index contributed by atoms with van der Waals surface area (Å²) in [7, 11) is 1.70. The van der Waals surface area contributed by atoms with Crippen LogP contribution in [0.5, 0.6) is 5.75 Å². The standard InChI is InChI=1S/C11H12N2O/c1-14-8-4-9-11-7(2-3-12-9)6-13-10(11)5-8/h4-6,12-13H,2-3H2,1H3. The Morgan fingerprint density at radius 1 is 1.36 bits per heavy atom. The Morgan fingerprint density at radius 3 is 3.14 bits per heavy atom. The van der Waals surface area contributed by atoms with Crippen LogP contribution in [0.4, 0.5) is 5.69 Å². The molecular weight excluding hydrogens is 176 g/mol. The van der Waals surface area contributed by atoms with Gasteiger partial charge in [-0.15, -0.1) is 0 Å². The molecule has 0 aliphatic carbocycles. The molecule has 1 aliphatic rings. The van der Waals surface area contributed by atoms with E-state index in [0.29, 0.717) is 0 Å². The van der Waals surface area contributed by atoms with Crippen LogP contribution in [0.25, 0.3) is 10.9 Å². The molecule has 0 fully saturated rings. The summed E-state index contributed by atoms with van der Waals surface area (Å²) in [5, 5.41) is 4.70. The molecule has 0 amide bonds. The summed E-state index contributed by atoms with van der Waals surface area (Å²) < 4.78 is 5.24. The van der Waals surface area contributed by atoms with E-state index in [9.17, 15) is 0 Å². The molecule has 0 radical (unpaired) electrons. The minimum Gasteiger partial charge on any atom is -0.497 e. The normalized spacial score (nSPS) is 14.1. The molecule has 0 spiro atoms.